The summed E-state index contributed by atoms with van der Waals surface area (Å²) in [5.41, 5.74) is 19.4. The van der Waals surface area contributed by atoms with Gasteiger partial charge in [0.1, 0.15) is 34.5 Å². The number of carboxylic acids is 1. The summed E-state index contributed by atoms with van der Waals surface area (Å²) in [6, 6.07) is 7.80. The number of primary amides is 1. The molecule has 0 aliphatic rings. The SMILES string of the molecule is Cc1nc2c(N)nc3ccccc3c2n1CCCCCC(=O)CCCC(=O)C(CC(=O)O)SCC(CC(=O)CCOCCOCCOCCOCCCC(=O)CNC(=O)CCC(=O)CN)C(N)=O. The van der Waals surface area contributed by atoms with Crippen LogP contribution in [0.3, 0.4) is 0 Å². The number of nitrogens with one attached hydrogen (secondary N) is 1. The lowest BCUT2D eigenvalue weighted by atomic mass is 10.0. The molecular formula is C47H69N7O13S. The van der Waals surface area contributed by atoms with Gasteiger partial charge in [0.15, 0.2) is 11.6 Å². The summed E-state index contributed by atoms with van der Waals surface area (Å²) in [6.07, 6.45) is 3.39. The van der Waals surface area contributed by atoms with Crippen molar-refractivity contribution in [2.45, 2.75) is 109 Å². The van der Waals surface area contributed by atoms with Crippen LogP contribution >= 0.6 is 11.8 Å². The van der Waals surface area contributed by atoms with Gasteiger partial charge in [-0.25, -0.2) is 9.97 Å². The predicted molar refractivity (Wildman–Crippen MR) is 256 cm³/mol. The number of aromatic nitrogens is 3. The van der Waals surface area contributed by atoms with Crippen molar-refractivity contribution < 1.29 is 62.4 Å². The van der Waals surface area contributed by atoms with Crippen LogP contribution in [0.4, 0.5) is 5.82 Å². The van der Waals surface area contributed by atoms with Crippen molar-refractivity contribution in [2.24, 2.45) is 17.4 Å². The number of thioether (sulfide) groups is 1. The van der Waals surface area contributed by atoms with Crippen LogP contribution in [0.25, 0.3) is 21.9 Å². The predicted octanol–water partition coefficient (Wildman–Crippen LogP) is 3.21. The third kappa shape index (κ3) is 22.3. The molecule has 0 fully saturated rings. The zero-order valence-electron chi connectivity index (χ0n) is 39.2. The molecule has 0 bridgehead atoms. The number of nitrogens with zero attached hydrogens (tertiary/aromatic N) is 3. The standard InChI is InChI=1S/C47H69N7O13S/c1-32-52-44-45(38-12-4-5-13-39(38)53-46(44)49)54(32)18-6-2-3-9-34(55)10-7-14-40(59)41(28-43(61)62)68-31-33(47(50)63)27-35(56)17-20-65-22-24-67-26-25-66-23-21-64-19-8-11-37(58)30-51-42(60)16-15-36(57)29-48/h4-5,12-13,33,41H,2-3,6-11,14-31,48H2,1H3,(H2,49,53)(H2,50,63)(H,51,60)(H,61,62). The number of anilines is 1. The largest absolute Gasteiger partial charge is 0.481 e. The summed E-state index contributed by atoms with van der Waals surface area (Å²) in [5, 5.41) is 12.0. The summed E-state index contributed by atoms with van der Waals surface area (Å²) in [5.74, 6) is -2.88. The van der Waals surface area contributed by atoms with Gasteiger partial charge in [-0.15, -0.1) is 11.8 Å². The second kappa shape index (κ2) is 32.5. The van der Waals surface area contributed by atoms with E-state index in [0.29, 0.717) is 70.2 Å². The molecule has 3 rings (SSSR count). The summed E-state index contributed by atoms with van der Waals surface area (Å²) < 4.78 is 24.0. The van der Waals surface area contributed by atoms with E-state index in [0.717, 1.165) is 46.8 Å². The Balaban J connectivity index is 1.20. The van der Waals surface area contributed by atoms with E-state index in [-0.39, 0.29) is 125 Å². The number of benzene rings is 1. The highest BCUT2D eigenvalue weighted by Gasteiger charge is 2.27. The molecule has 1 aromatic carbocycles. The molecule has 0 aliphatic carbocycles. The number of Topliss-reactive ketones (excluding diaryl/α,β-unsaturated/α-hetero) is 5. The Morgan fingerprint density at radius 1 is 0.706 bits per heavy atom. The normalized spacial score (nSPS) is 12.3. The van der Waals surface area contributed by atoms with Crippen LogP contribution in [0.15, 0.2) is 24.3 Å². The highest BCUT2D eigenvalue weighted by Crippen LogP contribution is 2.29. The maximum absolute atomic E-state index is 13.1. The molecule has 0 radical (unpaired) electrons. The van der Waals surface area contributed by atoms with Gasteiger partial charge in [-0.1, -0.05) is 24.6 Å². The van der Waals surface area contributed by atoms with Crippen LogP contribution < -0.4 is 22.5 Å². The van der Waals surface area contributed by atoms with Crippen molar-refractivity contribution in [3.05, 3.63) is 30.1 Å². The van der Waals surface area contributed by atoms with Crippen molar-refractivity contribution in [1.29, 1.82) is 0 Å². The number of hydrogen-bond acceptors (Lipinski definition) is 17. The van der Waals surface area contributed by atoms with Gasteiger partial charge in [0.2, 0.25) is 11.8 Å². The first kappa shape index (κ1) is 57.1. The molecule has 0 saturated heterocycles. The number of unbranched alkanes of at least 4 members (excludes halogenated alkanes) is 2. The average Bonchev–Trinajstić information content (AvgIpc) is 3.65. The fourth-order valence-corrected chi connectivity index (χ4v) is 8.39. The number of aliphatic carboxylic acids is 1. The minimum absolute atomic E-state index is 0.00515. The molecule has 0 saturated carbocycles. The van der Waals surface area contributed by atoms with Crippen LogP contribution in [-0.2, 0) is 63.8 Å². The van der Waals surface area contributed by atoms with Gasteiger partial charge in [-0.3, -0.25) is 38.4 Å². The molecule has 0 spiro atoms. The van der Waals surface area contributed by atoms with Gasteiger partial charge in [-0.2, -0.15) is 0 Å². The average molecular weight is 972 g/mol. The summed E-state index contributed by atoms with van der Waals surface area (Å²) in [7, 11) is 0. The molecule has 8 N–H and O–H groups in total. The third-order valence-electron chi connectivity index (χ3n) is 10.8. The van der Waals surface area contributed by atoms with Gasteiger partial charge in [0.25, 0.3) is 0 Å². The number of fused-ring (bicyclic) bond motifs is 3. The molecule has 2 heterocycles. The highest BCUT2D eigenvalue weighted by molar-refractivity contribution is 8.00. The number of amides is 2. The third-order valence-corrected chi connectivity index (χ3v) is 12.3. The lowest BCUT2D eigenvalue weighted by Gasteiger charge is -2.17. The minimum Gasteiger partial charge on any atom is -0.481 e. The maximum Gasteiger partial charge on any atom is 0.304 e. The number of carboxylic acid groups (broad SMARTS) is 1. The number of ketones is 5. The van der Waals surface area contributed by atoms with Gasteiger partial charge in [-0.05, 0) is 38.7 Å². The number of nitrogen functional groups attached to an aromatic ring is 1. The van der Waals surface area contributed by atoms with Crippen LogP contribution in [0.5, 0.6) is 0 Å². The van der Waals surface area contributed by atoms with Crippen molar-refractivity contribution in [1.82, 2.24) is 19.9 Å². The van der Waals surface area contributed by atoms with Crippen molar-refractivity contribution in [3.8, 4) is 0 Å². The van der Waals surface area contributed by atoms with E-state index < -0.39 is 29.5 Å². The van der Waals surface area contributed by atoms with Crippen LogP contribution in [0.1, 0.15) is 95.7 Å². The van der Waals surface area contributed by atoms with Crippen molar-refractivity contribution in [2.75, 3.05) is 77.4 Å². The van der Waals surface area contributed by atoms with Crippen LogP contribution in [-0.4, -0.2) is 143 Å². The number of rotatable bonds is 41. The van der Waals surface area contributed by atoms with Crippen LogP contribution in [0, 0.1) is 12.8 Å². The van der Waals surface area contributed by atoms with Gasteiger partial charge in [0.05, 0.1) is 88.0 Å². The smallest absolute Gasteiger partial charge is 0.304 e. The van der Waals surface area contributed by atoms with E-state index in [1.54, 1.807) is 0 Å². The minimum atomic E-state index is -1.18. The van der Waals surface area contributed by atoms with E-state index in [1.165, 1.54) is 0 Å². The first-order valence-electron chi connectivity index (χ1n) is 23.2. The molecule has 2 atom stereocenters. The number of para-hydroxylation sites is 1. The number of imidazole rings is 1. The monoisotopic (exact) mass is 971 g/mol. The van der Waals surface area contributed by atoms with E-state index >= 15 is 0 Å². The first-order chi connectivity index (χ1) is 32.7. The molecular weight excluding hydrogens is 903 g/mol. The van der Waals surface area contributed by atoms with Gasteiger partial charge < -0.3 is 51.1 Å². The molecule has 2 aromatic heterocycles. The molecule has 0 aliphatic heterocycles. The molecule has 2 unspecified atom stereocenters. The number of hydrogen-bond donors (Lipinski definition) is 5. The lowest BCUT2D eigenvalue weighted by Crippen LogP contribution is -2.30. The second-order valence-electron chi connectivity index (χ2n) is 16.3. The summed E-state index contributed by atoms with van der Waals surface area (Å²) in [4.78, 5) is 106. The Morgan fingerprint density at radius 2 is 1.35 bits per heavy atom. The fraction of sp³-hybridized carbons (Fsp3) is 0.617. The Bertz CT molecular complexity index is 2130. The number of carbonyl (C=O) groups excluding carboxylic acids is 7. The summed E-state index contributed by atoms with van der Waals surface area (Å²) >= 11 is 0.989. The maximum atomic E-state index is 13.1. The highest BCUT2D eigenvalue weighted by atomic mass is 32.2. The van der Waals surface area contributed by atoms with Gasteiger partial charge in [0, 0.05) is 75.7 Å². The second-order valence-corrected chi connectivity index (χ2v) is 17.6. The summed E-state index contributed by atoms with van der Waals surface area (Å²) in [6.45, 7) is 4.68. The molecule has 20 nitrogen and oxygen atoms in total. The quantitative estimate of drug-likeness (QED) is 0.0510. The number of pyridine rings is 1. The van der Waals surface area contributed by atoms with E-state index in [2.05, 4.69) is 19.9 Å². The Morgan fingerprint density at radius 3 is 2.03 bits per heavy atom. The van der Waals surface area contributed by atoms with E-state index in [9.17, 15) is 43.5 Å². The van der Waals surface area contributed by atoms with Crippen molar-refractivity contribution in [3.63, 3.8) is 0 Å². The number of aryl methyl sites for hydroxylation is 2. The first-order valence-corrected chi connectivity index (χ1v) is 24.3. The van der Waals surface area contributed by atoms with Gasteiger partial charge >= 0.3 is 5.97 Å². The van der Waals surface area contributed by atoms with E-state index in [4.69, 9.17) is 36.1 Å². The number of nitrogens with two attached hydrogens (primary N) is 3. The van der Waals surface area contributed by atoms with Crippen molar-refractivity contribution >= 4 is 86.2 Å². The molecule has 68 heavy (non-hydrogen) atoms. The van der Waals surface area contributed by atoms with Crippen LogP contribution in [0.2, 0.25) is 0 Å². The molecule has 2 amide bonds. The molecule has 3 aromatic rings. The number of carbonyl (C=O) groups is 8. The Hall–Kier alpha value is -5.19. The van der Waals surface area contributed by atoms with E-state index in [1.807, 2.05) is 31.2 Å². The zero-order chi connectivity index (χ0) is 49.7. The lowest BCUT2D eigenvalue weighted by molar-refractivity contribution is -0.138. The molecule has 21 heteroatoms. The fourth-order valence-electron chi connectivity index (χ4n) is 7.08. The topological polar surface area (TPSA) is 315 Å². The Kier molecular flexibility index (Phi) is 27.3. The Labute approximate surface area is 400 Å². The zero-order valence-corrected chi connectivity index (χ0v) is 40.0. The number of ether oxygens (including phenoxy) is 4. The molecule has 376 valence electrons.